The summed E-state index contributed by atoms with van der Waals surface area (Å²) in [5, 5.41) is 8.62. The fourth-order valence-corrected chi connectivity index (χ4v) is 2.33. The van der Waals surface area contributed by atoms with Gasteiger partial charge in [-0.1, -0.05) is 52.7 Å². The Morgan fingerprint density at radius 3 is 2.57 bits per heavy atom. The Morgan fingerprint density at radius 2 is 1.90 bits per heavy atom. The molecule has 0 bridgehead atoms. The van der Waals surface area contributed by atoms with Crippen LogP contribution in [0.3, 0.4) is 0 Å². The summed E-state index contributed by atoms with van der Waals surface area (Å²) in [7, 11) is 0. The van der Waals surface area contributed by atoms with Crippen LogP contribution in [0.15, 0.2) is 48.5 Å². The highest BCUT2D eigenvalue weighted by Gasteiger charge is 2.15. The van der Waals surface area contributed by atoms with Crippen LogP contribution >= 0.6 is 11.6 Å². The highest BCUT2D eigenvalue weighted by Crippen LogP contribution is 2.25. The largest absolute Gasteiger partial charge is 0.296 e. The topological polar surface area (TPSA) is 47.8 Å². The van der Waals surface area contributed by atoms with Crippen molar-refractivity contribution in [3.63, 3.8) is 0 Å². The van der Waals surface area contributed by atoms with E-state index < -0.39 is 0 Å². The van der Waals surface area contributed by atoms with Crippen LogP contribution < -0.4 is 0 Å². The Hall–Kier alpha value is -2.46. The predicted molar refractivity (Wildman–Crippen MR) is 81.9 cm³/mol. The lowest BCUT2D eigenvalue weighted by Gasteiger charge is -2.07. The van der Waals surface area contributed by atoms with Gasteiger partial charge >= 0.3 is 0 Å². The average Bonchev–Trinajstić information content (AvgIpc) is 2.92. The Labute approximate surface area is 127 Å². The van der Waals surface area contributed by atoms with Gasteiger partial charge in [-0.05, 0) is 25.1 Å². The van der Waals surface area contributed by atoms with Gasteiger partial charge in [-0.15, -0.1) is 5.10 Å². The van der Waals surface area contributed by atoms with Crippen molar-refractivity contribution in [3.05, 3.63) is 64.8 Å². The summed E-state index contributed by atoms with van der Waals surface area (Å²) < 4.78 is 1.63. The van der Waals surface area contributed by atoms with Gasteiger partial charge in [0.1, 0.15) is 5.69 Å². The lowest BCUT2D eigenvalue weighted by molar-refractivity contribution is 0.111. The van der Waals surface area contributed by atoms with Gasteiger partial charge in [0.25, 0.3) is 0 Å². The van der Waals surface area contributed by atoms with Crippen molar-refractivity contribution in [3.8, 4) is 16.9 Å². The molecular weight excluding hydrogens is 286 g/mol. The van der Waals surface area contributed by atoms with Gasteiger partial charge in [-0.2, -0.15) is 0 Å². The van der Waals surface area contributed by atoms with Crippen LogP contribution in [0.2, 0.25) is 5.02 Å². The molecule has 0 spiro atoms. The fourth-order valence-electron chi connectivity index (χ4n) is 2.14. The van der Waals surface area contributed by atoms with E-state index >= 15 is 0 Å². The number of carbonyl (C=O) groups excluding carboxylic acids is 1. The van der Waals surface area contributed by atoms with Crippen LogP contribution in [0.5, 0.6) is 0 Å². The number of carbonyl (C=O) groups is 1. The van der Waals surface area contributed by atoms with Crippen molar-refractivity contribution in [2.45, 2.75) is 6.92 Å². The fraction of sp³-hybridized carbons (Fsp3) is 0.0625. The summed E-state index contributed by atoms with van der Waals surface area (Å²) in [6, 6.07) is 15.1. The SMILES string of the molecule is Cc1ccc(-c2c(C=O)nnn2-c2cccc(Cl)c2)cc1. The molecule has 104 valence electrons. The van der Waals surface area contributed by atoms with Crippen molar-refractivity contribution in [1.82, 2.24) is 15.0 Å². The molecule has 1 aromatic heterocycles. The zero-order valence-electron chi connectivity index (χ0n) is 11.3. The van der Waals surface area contributed by atoms with E-state index in [-0.39, 0.29) is 0 Å². The van der Waals surface area contributed by atoms with Gasteiger partial charge in [0.2, 0.25) is 0 Å². The van der Waals surface area contributed by atoms with Gasteiger partial charge in [-0.3, -0.25) is 4.79 Å². The van der Waals surface area contributed by atoms with E-state index in [9.17, 15) is 4.79 Å². The molecule has 4 nitrogen and oxygen atoms in total. The zero-order chi connectivity index (χ0) is 14.8. The summed E-state index contributed by atoms with van der Waals surface area (Å²) in [4.78, 5) is 11.2. The van der Waals surface area contributed by atoms with E-state index in [4.69, 9.17) is 11.6 Å². The maximum absolute atomic E-state index is 11.2. The third kappa shape index (κ3) is 2.58. The highest BCUT2D eigenvalue weighted by atomic mass is 35.5. The molecule has 3 rings (SSSR count). The monoisotopic (exact) mass is 297 g/mol. The summed E-state index contributed by atoms with van der Waals surface area (Å²) >= 11 is 6.02. The van der Waals surface area contributed by atoms with E-state index in [1.165, 1.54) is 0 Å². The summed E-state index contributed by atoms with van der Waals surface area (Å²) in [5.74, 6) is 0. The first kappa shape index (κ1) is 13.5. The summed E-state index contributed by atoms with van der Waals surface area (Å²) in [6.45, 7) is 2.01. The molecule has 5 heteroatoms. The molecule has 0 unspecified atom stereocenters. The van der Waals surface area contributed by atoms with E-state index in [0.717, 1.165) is 16.8 Å². The lowest BCUT2D eigenvalue weighted by atomic mass is 10.1. The lowest BCUT2D eigenvalue weighted by Crippen LogP contribution is -2.00. The molecular formula is C16H12ClN3O. The number of aryl methyl sites for hydroxylation is 1. The molecule has 0 saturated heterocycles. The summed E-state index contributed by atoms with van der Waals surface area (Å²) in [6.07, 6.45) is 0.712. The number of hydrogen-bond acceptors (Lipinski definition) is 3. The van der Waals surface area contributed by atoms with E-state index in [0.29, 0.717) is 22.7 Å². The first-order valence-electron chi connectivity index (χ1n) is 6.43. The van der Waals surface area contributed by atoms with Gasteiger partial charge in [-0.25, -0.2) is 4.68 Å². The minimum absolute atomic E-state index is 0.304. The molecule has 0 N–H and O–H groups in total. The number of aromatic nitrogens is 3. The van der Waals surface area contributed by atoms with Crippen LogP contribution in [0.1, 0.15) is 16.1 Å². The predicted octanol–water partition coefficient (Wildman–Crippen LogP) is 3.71. The standard InChI is InChI=1S/C16H12ClN3O/c1-11-5-7-12(8-6-11)16-15(10-21)18-19-20(16)14-4-2-3-13(17)9-14/h2-10H,1H3. The van der Waals surface area contributed by atoms with E-state index in [1.807, 2.05) is 43.3 Å². The summed E-state index contributed by atoms with van der Waals surface area (Å²) in [5.41, 5.74) is 3.76. The van der Waals surface area contributed by atoms with Crippen molar-refractivity contribution in [1.29, 1.82) is 0 Å². The number of nitrogens with zero attached hydrogens (tertiary/aromatic N) is 3. The van der Waals surface area contributed by atoms with Crippen molar-refractivity contribution in [2.24, 2.45) is 0 Å². The van der Waals surface area contributed by atoms with Gasteiger partial charge in [0, 0.05) is 10.6 Å². The maximum Gasteiger partial charge on any atom is 0.172 e. The van der Waals surface area contributed by atoms with Crippen molar-refractivity contribution in [2.75, 3.05) is 0 Å². The Balaban J connectivity index is 2.21. The van der Waals surface area contributed by atoms with Crippen molar-refractivity contribution >= 4 is 17.9 Å². The molecule has 3 aromatic rings. The average molecular weight is 298 g/mol. The van der Waals surface area contributed by atoms with Crippen LogP contribution in [-0.4, -0.2) is 21.3 Å². The van der Waals surface area contributed by atoms with Gasteiger partial charge in [0.05, 0.1) is 5.69 Å². The Bertz CT molecular complexity index is 794. The van der Waals surface area contributed by atoms with E-state index in [2.05, 4.69) is 10.3 Å². The van der Waals surface area contributed by atoms with Crippen molar-refractivity contribution < 1.29 is 4.79 Å². The molecule has 0 aliphatic rings. The van der Waals surface area contributed by atoms with Crippen LogP contribution in [0, 0.1) is 6.92 Å². The second kappa shape index (κ2) is 5.50. The molecule has 0 saturated carbocycles. The van der Waals surface area contributed by atoms with Crippen LogP contribution in [0.4, 0.5) is 0 Å². The Kier molecular flexibility index (Phi) is 3.54. The minimum atomic E-state index is 0.304. The first-order valence-corrected chi connectivity index (χ1v) is 6.80. The molecule has 2 aromatic carbocycles. The molecule has 21 heavy (non-hydrogen) atoms. The van der Waals surface area contributed by atoms with Crippen LogP contribution in [-0.2, 0) is 0 Å². The van der Waals surface area contributed by atoms with Gasteiger partial charge in [0.15, 0.2) is 12.0 Å². The number of rotatable bonds is 3. The second-order valence-electron chi connectivity index (χ2n) is 4.70. The number of halogens is 1. The molecule has 1 heterocycles. The third-order valence-corrected chi connectivity index (χ3v) is 3.42. The molecule has 0 radical (unpaired) electrons. The number of hydrogen-bond donors (Lipinski definition) is 0. The second-order valence-corrected chi connectivity index (χ2v) is 5.14. The quantitative estimate of drug-likeness (QED) is 0.692. The molecule has 0 aliphatic carbocycles. The smallest absolute Gasteiger partial charge is 0.172 e. The normalized spacial score (nSPS) is 10.6. The highest BCUT2D eigenvalue weighted by molar-refractivity contribution is 6.30. The van der Waals surface area contributed by atoms with E-state index in [1.54, 1.807) is 16.8 Å². The minimum Gasteiger partial charge on any atom is -0.296 e. The molecule has 0 atom stereocenters. The Morgan fingerprint density at radius 1 is 1.14 bits per heavy atom. The first-order chi connectivity index (χ1) is 10.2. The molecule has 0 amide bonds. The third-order valence-electron chi connectivity index (χ3n) is 3.19. The van der Waals surface area contributed by atoms with Crippen LogP contribution in [0.25, 0.3) is 16.9 Å². The molecule has 0 aliphatic heterocycles. The van der Waals surface area contributed by atoms with Gasteiger partial charge < -0.3 is 0 Å². The zero-order valence-corrected chi connectivity index (χ0v) is 12.1. The number of benzene rings is 2. The maximum atomic E-state index is 11.2. The number of aldehydes is 1. The molecule has 0 fully saturated rings.